The molecule has 1 aliphatic rings. The Labute approximate surface area is 127 Å². The number of nitrogens with zero attached hydrogens (tertiary/aromatic N) is 3. The lowest BCUT2D eigenvalue weighted by molar-refractivity contribution is 0.141. The SMILES string of the molecule is CCn1cc(S(=O)(=O)N2CCC(CC)(CC)CC2)c(N)n1. The van der Waals surface area contributed by atoms with Crippen LogP contribution >= 0.6 is 0 Å². The summed E-state index contributed by atoms with van der Waals surface area (Å²) in [6.45, 7) is 8.03. The zero-order valence-corrected chi connectivity index (χ0v) is 14.0. The molecule has 1 aliphatic heterocycles. The fraction of sp³-hybridized carbons (Fsp3) is 0.786. The molecule has 0 saturated carbocycles. The highest BCUT2D eigenvalue weighted by Crippen LogP contribution is 2.39. The van der Waals surface area contributed by atoms with Gasteiger partial charge in [0.05, 0.1) is 0 Å². The van der Waals surface area contributed by atoms with E-state index in [1.165, 1.54) is 6.20 Å². The summed E-state index contributed by atoms with van der Waals surface area (Å²) in [5.41, 5.74) is 6.07. The summed E-state index contributed by atoms with van der Waals surface area (Å²) in [6, 6.07) is 0. The third-order valence-electron chi connectivity index (χ3n) is 4.98. The molecule has 120 valence electrons. The number of nitrogens with two attached hydrogens (primary N) is 1. The maximum absolute atomic E-state index is 12.7. The fourth-order valence-electron chi connectivity index (χ4n) is 3.08. The number of aromatic nitrogens is 2. The van der Waals surface area contributed by atoms with E-state index in [2.05, 4.69) is 18.9 Å². The van der Waals surface area contributed by atoms with E-state index in [0.29, 0.717) is 25.0 Å². The van der Waals surface area contributed by atoms with E-state index in [1.54, 1.807) is 8.99 Å². The summed E-state index contributed by atoms with van der Waals surface area (Å²) in [5.74, 6) is 0.0969. The van der Waals surface area contributed by atoms with Gasteiger partial charge in [0.1, 0.15) is 4.90 Å². The van der Waals surface area contributed by atoms with Crippen LogP contribution in [0.4, 0.5) is 5.82 Å². The van der Waals surface area contributed by atoms with Gasteiger partial charge in [-0.1, -0.05) is 26.7 Å². The van der Waals surface area contributed by atoms with E-state index in [-0.39, 0.29) is 10.7 Å². The monoisotopic (exact) mass is 314 g/mol. The quantitative estimate of drug-likeness (QED) is 0.902. The molecule has 21 heavy (non-hydrogen) atoms. The lowest BCUT2D eigenvalue weighted by Gasteiger charge is -2.40. The maximum Gasteiger partial charge on any atom is 0.248 e. The van der Waals surface area contributed by atoms with Crippen molar-refractivity contribution in [3.8, 4) is 0 Å². The number of aryl methyl sites for hydroxylation is 1. The first-order valence-corrected chi connectivity index (χ1v) is 9.15. The first-order valence-electron chi connectivity index (χ1n) is 7.71. The largest absolute Gasteiger partial charge is 0.381 e. The Morgan fingerprint density at radius 2 is 1.81 bits per heavy atom. The third kappa shape index (κ3) is 2.94. The van der Waals surface area contributed by atoms with Crippen LogP contribution in [0.25, 0.3) is 0 Å². The van der Waals surface area contributed by atoms with Crippen molar-refractivity contribution in [1.82, 2.24) is 14.1 Å². The summed E-state index contributed by atoms with van der Waals surface area (Å²) >= 11 is 0. The van der Waals surface area contributed by atoms with Gasteiger partial charge in [-0.3, -0.25) is 4.68 Å². The van der Waals surface area contributed by atoms with Gasteiger partial charge >= 0.3 is 0 Å². The lowest BCUT2D eigenvalue weighted by Crippen LogP contribution is -2.42. The average Bonchev–Trinajstić information content (AvgIpc) is 2.89. The first-order chi connectivity index (χ1) is 9.88. The minimum Gasteiger partial charge on any atom is -0.381 e. The zero-order valence-electron chi connectivity index (χ0n) is 13.2. The molecule has 1 aromatic rings. The van der Waals surface area contributed by atoms with E-state index >= 15 is 0 Å². The number of anilines is 1. The number of rotatable bonds is 5. The molecule has 0 aliphatic carbocycles. The van der Waals surface area contributed by atoms with Crippen LogP contribution < -0.4 is 5.73 Å². The number of sulfonamides is 1. The Hall–Kier alpha value is -1.08. The number of nitrogen functional groups attached to an aromatic ring is 1. The second-order valence-electron chi connectivity index (χ2n) is 5.85. The highest BCUT2D eigenvalue weighted by atomic mass is 32.2. The molecule has 0 unspecified atom stereocenters. The molecule has 6 nitrogen and oxygen atoms in total. The van der Waals surface area contributed by atoms with Crippen LogP contribution in [-0.2, 0) is 16.6 Å². The normalized spacial score (nSPS) is 19.8. The Bertz CT molecular complexity index is 580. The maximum atomic E-state index is 12.7. The van der Waals surface area contributed by atoms with Crippen molar-refractivity contribution in [2.75, 3.05) is 18.8 Å². The van der Waals surface area contributed by atoms with Crippen molar-refractivity contribution >= 4 is 15.8 Å². The lowest BCUT2D eigenvalue weighted by atomic mass is 9.75. The van der Waals surface area contributed by atoms with E-state index in [4.69, 9.17) is 5.73 Å². The minimum absolute atomic E-state index is 0.0969. The number of hydrogen-bond donors (Lipinski definition) is 1. The Kier molecular flexibility index (Phi) is 4.63. The average molecular weight is 314 g/mol. The second kappa shape index (κ2) is 5.96. The predicted octanol–water partition coefficient (Wildman–Crippen LogP) is 2.08. The summed E-state index contributed by atoms with van der Waals surface area (Å²) < 4.78 is 28.6. The summed E-state index contributed by atoms with van der Waals surface area (Å²) in [4.78, 5) is 0.143. The topological polar surface area (TPSA) is 81.2 Å². The summed E-state index contributed by atoms with van der Waals surface area (Å²) in [7, 11) is -3.52. The van der Waals surface area contributed by atoms with Crippen LogP contribution in [0.2, 0.25) is 0 Å². The van der Waals surface area contributed by atoms with Crippen molar-refractivity contribution in [3.63, 3.8) is 0 Å². The van der Waals surface area contributed by atoms with Crippen LogP contribution in [0.5, 0.6) is 0 Å². The van der Waals surface area contributed by atoms with Crippen LogP contribution in [0, 0.1) is 5.41 Å². The zero-order chi connectivity index (χ0) is 15.7. The molecule has 1 aromatic heterocycles. The van der Waals surface area contributed by atoms with Crippen molar-refractivity contribution in [1.29, 1.82) is 0 Å². The Morgan fingerprint density at radius 1 is 1.24 bits per heavy atom. The van der Waals surface area contributed by atoms with Crippen LogP contribution in [0.1, 0.15) is 46.5 Å². The standard InChI is InChI=1S/C14H26N4O2S/c1-4-14(5-2)7-9-18(10-8-14)21(19,20)12-11-17(6-3)16-13(12)15/h11H,4-10H2,1-3H3,(H2,15,16). The van der Waals surface area contributed by atoms with Gasteiger partial charge in [-0.2, -0.15) is 9.40 Å². The molecule has 0 radical (unpaired) electrons. The van der Waals surface area contributed by atoms with Crippen molar-refractivity contribution < 1.29 is 8.42 Å². The van der Waals surface area contributed by atoms with E-state index in [0.717, 1.165) is 25.7 Å². The number of hydrogen-bond acceptors (Lipinski definition) is 4. The number of piperidine rings is 1. The molecule has 2 heterocycles. The third-order valence-corrected chi connectivity index (χ3v) is 6.90. The molecule has 2 N–H and O–H groups in total. The van der Waals surface area contributed by atoms with Gasteiger partial charge in [0.2, 0.25) is 10.0 Å². The van der Waals surface area contributed by atoms with Crippen LogP contribution in [0.3, 0.4) is 0 Å². The van der Waals surface area contributed by atoms with Gasteiger partial charge in [0, 0.05) is 25.8 Å². The van der Waals surface area contributed by atoms with Gasteiger partial charge in [-0.25, -0.2) is 8.42 Å². The van der Waals surface area contributed by atoms with Gasteiger partial charge < -0.3 is 5.73 Å². The summed E-state index contributed by atoms with van der Waals surface area (Å²) in [6.07, 6.45) is 5.58. The smallest absolute Gasteiger partial charge is 0.248 e. The first kappa shape index (κ1) is 16.3. The van der Waals surface area contributed by atoms with E-state index < -0.39 is 10.0 Å². The van der Waals surface area contributed by atoms with Crippen molar-refractivity contribution in [2.24, 2.45) is 5.41 Å². The Balaban J connectivity index is 2.20. The molecule has 1 fully saturated rings. The second-order valence-corrected chi connectivity index (χ2v) is 7.75. The van der Waals surface area contributed by atoms with Crippen molar-refractivity contribution in [2.45, 2.75) is 57.9 Å². The van der Waals surface area contributed by atoms with E-state index in [9.17, 15) is 8.42 Å². The van der Waals surface area contributed by atoms with Gasteiger partial charge in [-0.05, 0) is 25.2 Å². The molecule has 0 bridgehead atoms. The minimum atomic E-state index is -3.52. The van der Waals surface area contributed by atoms with Crippen LogP contribution in [-0.4, -0.2) is 35.6 Å². The highest BCUT2D eigenvalue weighted by Gasteiger charge is 2.37. The fourth-order valence-corrected chi connectivity index (χ4v) is 4.58. The van der Waals surface area contributed by atoms with Gasteiger partial charge in [0.25, 0.3) is 0 Å². The molecule has 7 heteroatoms. The molecule has 0 spiro atoms. The summed E-state index contributed by atoms with van der Waals surface area (Å²) in [5, 5.41) is 4.04. The van der Waals surface area contributed by atoms with E-state index in [1.807, 2.05) is 6.92 Å². The molecular weight excluding hydrogens is 288 g/mol. The molecule has 2 rings (SSSR count). The van der Waals surface area contributed by atoms with Crippen molar-refractivity contribution in [3.05, 3.63) is 6.20 Å². The molecular formula is C14H26N4O2S. The molecule has 1 saturated heterocycles. The van der Waals surface area contributed by atoms with Crippen LogP contribution in [0.15, 0.2) is 11.1 Å². The highest BCUT2D eigenvalue weighted by molar-refractivity contribution is 7.89. The van der Waals surface area contributed by atoms with Gasteiger partial charge in [0.15, 0.2) is 5.82 Å². The molecule has 0 aromatic carbocycles. The predicted molar refractivity (Wildman–Crippen MR) is 83.3 cm³/mol. The Morgan fingerprint density at radius 3 is 2.24 bits per heavy atom. The molecule has 0 atom stereocenters. The molecule has 0 amide bonds. The van der Waals surface area contributed by atoms with Gasteiger partial charge in [-0.15, -0.1) is 0 Å².